The Morgan fingerprint density at radius 1 is 1.44 bits per heavy atom. The number of hydrogen-bond acceptors (Lipinski definition) is 3. The van der Waals surface area contributed by atoms with Gasteiger partial charge in [-0.3, -0.25) is 4.79 Å². The van der Waals surface area contributed by atoms with E-state index >= 15 is 0 Å². The highest BCUT2D eigenvalue weighted by Crippen LogP contribution is 2.13. The zero-order valence-electron chi connectivity index (χ0n) is 9.28. The van der Waals surface area contributed by atoms with Crippen LogP contribution in [0, 0.1) is 0 Å². The first-order valence-corrected chi connectivity index (χ1v) is 5.17. The van der Waals surface area contributed by atoms with E-state index in [1.807, 2.05) is 12.1 Å². The summed E-state index contributed by atoms with van der Waals surface area (Å²) >= 11 is 0. The van der Waals surface area contributed by atoms with Gasteiger partial charge in [-0.2, -0.15) is 0 Å². The van der Waals surface area contributed by atoms with Crippen LogP contribution in [-0.4, -0.2) is 25.1 Å². The number of hydrogen-bond donors (Lipinski definition) is 1. The van der Waals surface area contributed by atoms with E-state index in [9.17, 15) is 9.18 Å². The lowest BCUT2D eigenvalue weighted by Crippen LogP contribution is -2.30. The van der Waals surface area contributed by atoms with Crippen LogP contribution in [0.1, 0.15) is 12.5 Å². The maximum Gasteiger partial charge on any atom is 0.146 e. The molecule has 0 saturated carbocycles. The van der Waals surface area contributed by atoms with Gasteiger partial charge in [-0.1, -0.05) is 12.1 Å². The Morgan fingerprint density at radius 2 is 2.06 bits per heavy atom. The highest BCUT2D eigenvalue weighted by Gasteiger charge is 2.08. The minimum Gasteiger partial charge on any atom is -0.491 e. The highest BCUT2D eigenvalue weighted by atomic mass is 18.2. The van der Waals surface area contributed by atoms with Gasteiger partial charge in [-0.15, -0.1) is 0 Å². The quantitative estimate of drug-likeness (QED) is 0.796. The topological polar surface area (TPSA) is 52.3 Å². The van der Waals surface area contributed by atoms with E-state index in [2.05, 4.69) is 0 Å². The van der Waals surface area contributed by atoms with E-state index in [0.29, 0.717) is 12.2 Å². The van der Waals surface area contributed by atoms with E-state index in [1.165, 1.54) is 6.92 Å². The van der Waals surface area contributed by atoms with Crippen molar-refractivity contribution >= 4 is 5.78 Å². The molecule has 1 aromatic rings. The van der Waals surface area contributed by atoms with Crippen molar-refractivity contribution in [2.75, 3.05) is 13.3 Å². The zero-order chi connectivity index (χ0) is 12.0. The predicted molar refractivity (Wildman–Crippen MR) is 60.3 cm³/mol. The van der Waals surface area contributed by atoms with Crippen LogP contribution in [0.25, 0.3) is 0 Å². The van der Waals surface area contributed by atoms with Crippen molar-refractivity contribution in [3.63, 3.8) is 0 Å². The smallest absolute Gasteiger partial charge is 0.146 e. The lowest BCUT2D eigenvalue weighted by atomic mass is 10.0. The molecule has 2 N–H and O–H groups in total. The molecule has 0 aliphatic rings. The highest BCUT2D eigenvalue weighted by molar-refractivity contribution is 5.81. The fraction of sp³-hybridized carbons (Fsp3) is 0.417. The van der Waals surface area contributed by atoms with Crippen LogP contribution in [0.3, 0.4) is 0 Å². The molecule has 0 aliphatic heterocycles. The maximum absolute atomic E-state index is 11.8. The largest absolute Gasteiger partial charge is 0.491 e. The van der Waals surface area contributed by atoms with Crippen LogP contribution < -0.4 is 10.5 Å². The minimum absolute atomic E-state index is 0.0299. The summed E-state index contributed by atoms with van der Waals surface area (Å²) in [4.78, 5) is 11.0. The maximum atomic E-state index is 11.8. The summed E-state index contributed by atoms with van der Waals surface area (Å²) in [5, 5.41) is 0. The van der Waals surface area contributed by atoms with Crippen LogP contribution in [-0.2, 0) is 11.2 Å². The van der Waals surface area contributed by atoms with Crippen LogP contribution in [0.4, 0.5) is 4.39 Å². The number of nitrogens with two attached hydrogens (primary N) is 1. The number of alkyl halides is 1. The third-order valence-electron chi connectivity index (χ3n) is 2.25. The van der Waals surface area contributed by atoms with Gasteiger partial charge < -0.3 is 10.5 Å². The summed E-state index contributed by atoms with van der Waals surface area (Å²) in [6.07, 6.45) is 0.513. The molecule has 0 unspecified atom stereocenters. The summed E-state index contributed by atoms with van der Waals surface area (Å²) in [7, 11) is 0. The first-order chi connectivity index (χ1) is 7.63. The lowest BCUT2D eigenvalue weighted by molar-refractivity contribution is -0.118. The predicted octanol–water partition coefficient (Wildman–Crippen LogP) is 1.49. The van der Waals surface area contributed by atoms with Crippen molar-refractivity contribution < 1.29 is 13.9 Å². The van der Waals surface area contributed by atoms with Gasteiger partial charge in [0, 0.05) is 0 Å². The molecule has 1 rings (SSSR count). The van der Waals surface area contributed by atoms with Gasteiger partial charge in [-0.05, 0) is 31.0 Å². The second-order valence-electron chi connectivity index (χ2n) is 3.60. The molecule has 0 amide bonds. The number of Topliss-reactive ketones (excluding diaryl/α,β-unsaturated/α-hetero) is 1. The molecule has 0 radical (unpaired) electrons. The summed E-state index contributed by atoms with van der Waals surface area (Å²) in [5.41, 5.74) is 6.60. The Morgan fingerprint density at radius 3 is 2.56 bits per heavy atom. The molecule has 0 heterocycles. The molecule has 0 saturated heterocycles. The monoisotopic (exact) mass is 224 g/mol. The summed E-state index contributed by atoms with van der Waals surface area (Å²) in [6, 6.07) is 6.69. The van der Waals surface area contributed by atoms with Crippen LogP contribution >= 0.6 is 0 Å². The third kappa shape index (κ3) is 3.98. The fourth-order valence-corrected chi connectivity index (χ4v) is 1.28. The lowest BCUT2D eigenvalue weighted by Gasteiger charge is -2.08. The van der Waals surface area contributed by atoms with Gasteiger partial charge in [0.2, 0.25) is 0 Å². The normalized spacial score (nSPS) is 12.2. The van der Waals surface area contributed by atoms with E-state index < -0.39 is 12.7 Å². The van der Waals surface area contributed by atoms with Crippen molar-refractivity contribution in [2.45, 2.75) is 19.4 Å². The Balaban J connectivity index is 2.54. The van der Waals surface area contributed by atoms with Gasteiger partial charge in [0.15, 0.2) is 0 Å². The SMILES string of the molecule is CC(=O)[C@@H](N)Cc1ccc(OCC[18F])cc1. The second-order valence-corrected chi connectivity index (χ2v) is 3.60. The van der Waals surface area contributed by atoms with Gasteiger partial charge in [0.1, 0.15) is 24.8 Å². The Labute approximate surface area is 94.4 Å². The van der Waals surface area contributed by atoms with Gasteiger partial charge in [0.25, 0.3) is 0 Å². The third-order valence-corrected chi connectivity index (χ3v) is 2.25. The van der Waals surface area contributed by atoms with E-state index in [4.69, 9.17) is 10.5 Å². The Bertz CT molecular complexity index is 337. The molecule has 0 aliphatic carbocycles. The number of ketones is 1. The molecular formula is C12H16FNO2. The fourth-order valence-electron chi connectivity index (χ4n) is 1.28. The van der Waals surface area contributed by atoms with Crippen molar-refractivity contribution in [3.05, 3.63) is 29.8 Å². The first kappa shape index (κ1) is 12.6. The molecule has 16 heavy (non-hydrogen) atoms. The van der Waals surface area contributed by atoms with Crippen molar-refractivity contribution in [1.82, 2.24) is 0 Å². The molecule has 0 spiro atoms. The van der Waals surface area contributed by atoms with Crippen LogP contribution in [0.2, 0.25) is 0 Å². The van der Waals surface area contributed by atoms with Crippen molar-refractivity contribution in [1.29, 1.82) is 0 Å². The zero-order valence-corrected chi connectivity index (χ0v) is 9.28. The second kappa shape index (κ2) is 6.23. The average molecular weight is 224 g/mol. The van der Waals surface area contributed by atoms with E-state index in [0.717, 1.165) is 5.56 Å². The molecule has 0 bridgehead atoms. The average Bonchev–Trinajstić information content (AvgIpc) is 2.28. The molecule has 3 nitrogen and oxygen atoms in total. The van der Waals surface area contributed by atoms with Crippen LogP contribution in [0.15, 0.2) is 24.3 Å². The summed E-state index contributed by atoms with van der Waals surface area (Å²) in [5.74, 6) is 0.593. The summed E-state index contributed by atoms with van der Waals surface area (Å²) in [6.45, 7) is 1.03. The number of carbonyl (C=O) groups is 1. The number of ether oxygens (including phenoxy) is 1. The van der Waals surface area contributed by atoms with E-state index in [-0.39, 0.29) is 12.4 Å². The molecule has 88 valence electrons. The molecule has 0 fully saturated rings. The molecular weight excluding hydrogens is 208 g/mol. The number of rotatable bonds is 6. The summed E-state index contributed by atoms with van der Waals surface area (Å²) < 4.78 is 16.9. The minimum atomic E-state index is -0.503. The Kier molecular flexibility index (Phi) is 4.92. The standard InChI is InChI=1S/C12H16FNO2/c1-9(15)12(14)8-10-2-4-11(5-3-10)16-7-6-13/h2-5,12H,6-8,14H2,1H3/t12-/m0/s1/i13-1. The van der Waals surface area contributed by atoms with Crippen molar-refractivity contribution in [2.24, 2.45) is 5.73 Å². The number of carbonyl (C=O) groups excluding carboxylic acids is 1. The number of benzene rings is 1. The first-order valence-electron chi connectivity index (χ1n) is 5.17. The Hall–Kier alpha value is -1.42. The van der Waals surface area contributed by atoms with Gasteiger partial charge >= 0.3 is 0 Å². The van der Waals surface area contributed by atoms with Crippen LogP contribution in [0.5, 0.6) is 5.75 Å². The van der Waals surface area contributed by atoms with Gasteiger partial charge in [0.05, 0.1) is 6.04 Å². The van der Waals surface area contributed by atoms with Crippen molar-refractivity contribution in [3.8, 4) is 5.75 Å². The molecule has 1 atom stereocenters. The molecule has 1 aromatic carbocycles. The molecule has 4 heteroatoms. The number of halogens is 1. The van der Waals surface area contributed by atoms with Gasteiger partial charge in [-0.25, -0.2) is 4.39 Å². The molecule has 0 aromatic heterocycles. The van der Waals surface area contributed by atoms with E-state index in [1.54, 1.807) is 12.1 Å².